The lowest BCUT2D eigenvalue weighted by Crippen LogP contribution is -2.30. The van der Waals surface area contributed by atoms with E-state index in [9.17, 15) is 0 Å². The number of rotatable bonds is 1. The summed E-state index contributed by atoms with van der Waals surface area (Å²) in [4.78, 5) is 0. The standard InChI is InChI=1S/C22H22N/c1-15-13-18-16-9-5-6-10-19(16)22(2,3)20(18)14-17(15)21-11-7-8-12-23(21)4/h5-14H,1-4H3/q+1/i10D. The van der Waals surface area contributed by atoms with Crippen LogP contribution in [0.1, 0.15) is 31.9 Å². The van der Waals surface area contributed by atoms with Crippen molar-refractivity contribution in [2.45, 2.75) is 26.2 Å². The maximum atomic E-state index is 8.38. The number of aryl methyl sites for hydroxylation is 2. The minimum Gasteiger partial charge on any atom is -0.201 e. The van der Waals surface area contributed by atoms with Crippen LogP contribution in [0.15, 0.2) is 60.8 Å². The van der Waals surface area contributed by atoms with Crippen molar-refractivity contribution in [2.24, 2.45) is 7.05 Å². The van der Waals surface area contributed by atoms with Gasteiger partial charge in [-0.2, -0.15) is 0 Å². The number of hydrogen-bond acceptors (Lipinski definition) is 0. The molecule has 0 fully saturated rings. The van der Waals surface area contributed by atoms with Crippen molar-refractivity contribution >= 4 is 0 Å². The molecule has 3 aromatic rings. The van der Waals surface area contributed by atoms with Gasteiger partial charge < -0.3 is 0 Å². The zero-order valence-electron chi connectivity index (χ0n) is 15.1. The molecule has 1 nitrogen and oxygen atoms in total. The van der Waals surface area contributed by atoms with E-state index < -0.39 is 0 Å². The number of benzene rings is 2. The maximum Gasteiger partial charge on any atom is 0.212 e. The normalized spacial score (nSPS) is 15.0. The molecule has 23 heavy (non-hydrogen) atoms. The maximum absolute atomic E-state index is 8.38. The number of pyridine rings is 1. The lowest BCUT2D eigenvalue weighted by atomic mass is 9.81. The summed E-state index contributed by atoms with van der Waals surface area (Å²) in [6.07, 6.45) is 2.09. The first-order valence-electron chi connectivity index (χ1n) is 8.62. The Morgan fingerprint density at radius 3 is 2.48 bits per heavy atom. The Balaban J connectivity index is 2.02. The summed E-state index contributed by atoms with van der Waals surface area (Å²) >= 11 is 0. The zero-order valence-corrected chi connectivity index (χ0v) is 14.1. The number of aromatic nitrogens is 1. The van der Waals surface area contributed by atoms with Gasteiger partial charge in [-0.3, -0.25) is 0 Å². The van der Waals surface area contributed by atoms with Crippen LogP contribution in [0.25, 0.3) is 22.4 Å². The monoisotopic (exact) mass is 301 g/mol. The van der Waals surface area contributed by atoms with Gasteiger partial charge in [0.1, 0.15) is 7.05 Å². The third kappa shape index (κ3) is 1.96. The molecule has 1 aromatic heterocycles. The highest BCUT2D eigenvalue weighted by molar-refractivity contribution is 5.84. The van der Waals surface area contributed by atoms with E-state index in [1.807, 2.05) is 12.1 Å². The molecule has 1 heteroatoms. The van der Waals surface area contributed by atoms with Crippen molar-refractivity contribution in [1.82, 2.24) is 0 Å². The second-order valence-electron chi connectivity index (χ2n) is 6.99. The Hall–Kier alpha value is -2.41. The molecular formula is C22H22N+. The lowest BCUT2D eigenvalue weighted by molar-refractivity contribution is -0.660. The van der Waals surface area contributed by atoms with Crippen LogP contribution in [0.5, 0.6) is 0 Å². The number of fused-ring (bicyclic) bond motifs is 3. The quantitative estimate of drug-likeness (QED) is 0.569. The number of nitrogens with zero attached hydrogens (tertiary/aromatic N) is 1. The zero-order chi connectivity index (χ0) is 17.1. The molecule has 0 aliphatic heterocycles. The molecule has 1 aliphatic carbocycles. The Morgan fingerprint density at radius 1 is 0.913 bits per heavy atom. The molecule has 0 atom stereocenters. The van der Waals surface area contributed by atoms with Gasteiger partial charge in [-0.25, -0.2) is 4.57 Å². The second-order valence-corrected chi connectivity index (χ2v) is 6.99. The van der Waals surface area contributed by atoms with E-state index in [0.29, 0.717) is 6.04 Å². The average Bonchev–Trinajstić information content (AvgIpc) is 2.76. The topological polar surface area (TPSA) is 3.88 Å². The largest absolute Gasteiger partial charge is 0.212 e. The Kier molecular flexibility index (Phi) is 2.72. The summed E-state index contributed by atoms with van der Waals surface area (Å²) in [6.45, 7) is 6.65. The summed E-state index contributed by atoms with van der Waals surface area (Å²) < 4.78 is 10.6. The fourth-order valence-corrected chi connectivity index (χ4v) is 3.84. The SMILES string of the molecule is [2H]c1cccc2c1C(C)(C)c1cc(-c3cccc[n+]3C)c(C)cc1-2. The summed E-state index contributed by atoms with van der Waals surface area (Å²) in [5.74, 6) is 0. The molecule has 1 heterocycles. The van der Waals surface area contributed by atoms with Gasteiger partial charge >= 0.3 is 0 Å². The first-order chi connectivity index (χ1) is 11.4. The molecule has 0 bridgehead atoms. The van der Waals surface area contributed by atoms with E-state index in [2.05, 4.69) is 75.0 Å². The predicted molar refractivity (Wildman–Crippen MR) is 95.4 cm³/mol. The Morgan fingerprint density at radius 2 is 1.70 bits per heavy atom. The second kappa shape index (κ2) is 4.79. The Bertz CT molecular complexity index is 970. The molecule has 1 aliphatic rings. The van der Waals surface area contributed by atoms with Crippen LogP contribution >= 0.6 is 0 Å². The van der Waals surface area contributed by atoms with Gasteiger partial charge in [-0.05, 0) is 46.9 Å². The van der Waals surface area contributed by atoms with Gasteiger partial charge in [0.2, 0.25) is 5.69 Å². The molecule has 0 amide bonds. The first kappa shape index (κ1) is 13.1. The molecule has 0 saturated carbocycles. The van der Waals surface area contributed by atoms with Gasteiger partial charge in [0.05, 0.1) is 1.37 Å². The summed E-state index contributed by atoms with van der Waals surface area (Å²) in [5.41, 5.74) is 8.59. The molecule has 0 N–H and O–H groups in total. The van der Waals surface area contributed by atoms with Crippen molar-refractivity contribution in [3.05, 3.63) is 77.5 Å². The van der Waals surface area contributed by atoms with E-state index >= 15 is 0 Å². The fourth-order valence-electron chi connectivity index (χ4n) is 3.84. The average molecular weight is 301 g/mol. The number of hydrogen-bond donors (Lipinski definition) is 0. The van der Waals surface area contributed by atoms with E-state index in [4.69, 9.17) is 1.37 Å². The fraction of sp³-hybridized carbons (Fsp3) is 0.227. The van der Waals surface area contributed by atoms with E-state index in [1.54, 1.807) is 0 Å². The lowest BCUT2D eigenvalue weighted by Gasteiger charge is -2.22. The van der Waals surface area contributed by atoms with Crippen LogP contribution in [0, 0.1) is 6.92 Å². The van der Waals surface area contributed by atoms with E-state index in [1.165, 1.54) is 33.5 Å². The minimum atomic E-state index is -0.140. The molecular weight excluding hydrogens is 278 g/mol. The minimum absolute atomic E-state index is 0.140. The van der Waals surface area contributed by atoms with Crippen molar-refractivity contribution in [1.29, 1.82) is 0 Å². The highest BCUT2D eigenvalue weighted by Gasteiger charge is 2.36. The molecule has 114 valence electrons. The summed E-state index contributed by atoms with van der Waals surface area (Å²) in [6, 6.07) is 17.6. The van der Waals surface area contributed by atoms with Crippen molar-refractivity contribution in [3.8, 4) is 22.4 Å². The van der Waals surface area contributed by atoms with Gasteiger partial charge in [0, 0.05) is 23.1 Å². The third-order valence-electron chi connectivity index (χ3n) is 5.14. The van der Waals surface area contributed by atoms with Gasteiger partial charge in [-0.1, -0.05) is 44.2 Å². The molecule has 0 spiro atoms. The predicted octanol–water partition coefficient (Wildman–Crippen LogP) is 4.79. The highest BCUT2D eigenvalue weighted by atomic mass is 14.9. The molecule has 0 unspecified atom stereocenters. The summed E-state index contributed by atoms with van der Waals surface area (Å²) in [7, 11) is 2.09. The molecule has 2 aromatic carbocycles. The molecule has 0 radical (unpaired) electrons. The Labute approximate surface area is 139 Å². The van der Waals surface area contributed by atoms with E-state index in [-0.39, 0.29) is 5.41 Å². The van der Waals surface area contributed by atoms with Gasteiger partial charge in [0.15, 0.2) is 6.20 Å². The van der Waals surface area contributed by atoms with Crippen LogP contribution in [0.2, 0.25) is 0 Å². The molecule has 0 saturated heterocycles. The van der Waals surface area contributed by atoms with Crippen LogP contribution < -0.4 is 4.57 Å². The van der Waals surface area contributed by atoms with Crippen molar-refractivity contribution in [2.75, 3.05) is 0 Å². The summed E-state index contributed by atoms with van der Waals surface area (Å²) in [5, 5.41) is 0. The van der Waals surface area contributed by atoms with Crippen molar-refractivity contribution < 1.29 is 5.94 Å². The molecule has 4 rings (SSSR count). The van der Waals surface area contributed by atoms with Crippen LogP contribution in [-0.4, -0.2) is 0 Å². The smallest absolute Gasteiger partial charge is 0.201 e. The third-order valence-corrected chi connectivity index (χ3v) is 5.14. The van der Waals surface area contributed by atoms with Crippen LogP contribution in [0.3, 0.4) is 0 Å². The first-order valence-corrected chi connectivity index (χ1v) is 8.12. The van der Waals surface area contributed by atoms with Gasteiger partial charge in [-0.15, -0.1) is 0 Å². The van der Waals surface area contributed by atoms with E-state index in [0.717, 1.165) is 5.56 Å². The van der Waals surface area contributed by atoms with Gasteiger partial charge in [0.25, 0.3) is 0 Å². The van der Waals surface area contributed by atoms with Crippen LogP contribution in [0.4, 0.5) is 0 Å². The highest BCUT2D eigenvalue weighted by Crippen LogP contribution is 2.49. The van der Waals surface area contributed by atoms with Crippen molar-refractivity contribution in [3.63, 3.8) is 0 Å². The van der Waals surface area contributed by atoms with Crippen LogP contribution in [-0.2, 0) is 12.5 Å².